The summed E-state index contributed by atoms with van der Waals surface area (Å²) in [7, 11) is 1.66. The molecule has 4 heteroatoms. The van der Waals surface area contributed by atoms with Crippen LogP contribution in [0.1, 0.15) is 37.4 Å². The van der Waals surface area contributed by atoms with Crippen LogP contribution in [-0.4, -0.2) is 19.1 Å². The Bertz CT molecular complexity index is 650. The highest BCUT2D eigenvalue weighted by Crippen LogP contribution is 2.17. The molecule has 0 spiro atoms. The zero-order valence-electron chi connectivity index (χ0n) is 14.9. The number of ether oxygens (including phenoxy) is 1. The second kappa shape index (κ2) is 8.50. The second-order valence-electron chi connectivity index (χ2n) is 6.12. The van der Waals surface area contributed by atoms with Crippen molar-refractivity contribution in [1.29, 1.82) is 0 Å². The Morgan fingerprint density at radius 2 is 1.75 bits per heavy atom. The van der Waals surface area contributed by atoms with Gasteiger partial charge < -0.3 is 15.4 Å². The van der Waals surface area contributed by atoms with E-state index in [2.05, 4.69) is 29.7 Å². The van der Waals surface area contributed by atoms with Crippen LogP contribution in [0.4, 0.5) is 5.69 Å². The van der Waals surface area contributed by atoms with Gasteiger partial charge in [0, 0.05) is 17.7 Å². The molecule has 4 nitrogen and oxygen atoms in total. The number of benzene rings is 2. The molecule has 0 heterocycles. The van der Waals surface area contributed by atoms with Gasteiger partial charge in [0.1, 0.15) is 11.8 Å². The third-order valence-corrected chi connectivity index (χ3v) is 4.24. The lowest BCUT2D eigenvalue weighted by atomic mass is 10.0. The van der Waals surface area contributed by atoms with Crippen LogP contribution in [0.2, 0.25) is 0 Å². The van der Waals surface area contributed by atoms with Crippen molar-refractivity contribution in [1.82, 2.24) is 0 Å². The number of rotatable bonds is 7. The number of methoxy groups -OCH3 is 1. The normalized spacial score (nSPS) is 13.2. The number of aryl methyl sites for hydroxylation is 1. The molecular weight excluding hydrogens is 300 g/mol. The van der Waals surface area contributed by atoms with E-state index < -0.39 is 0 Å². The fourth-order valence-electron chi connectivity index (χ4n) is 2.66. The number of carbonyl (C=O) groups is 1. The molecule has 128 valence electrons. The van der Waals surface area contributed by atoms with Crippen LogP contribution in [-0.2, 0) is 4.79 Å². The smallest absolute Gasteiger partial charge is 0.282 e. The maximum atomic E-state index is 12.4. The highest BCUT2D eigenvalue weighted by molar-refractivity contribution is 5.93. The second-order valence-corrected chi connectivity index (χ2v) is 6.12. The van der Waals surface area contributed by atoms with Gasteiger partial charge in [0.05, 0.1) is 7.11 Å². The van der Waals surface area contributed by atoms with Crippen molar-refractivity contribution < 1.29 is 14.8 Å². The number of nitrogens with two attached hydrogens (primary N) is 1. The van der Waals surface area contributed by atoms with Crippen LogP contribution in [0.15, 0.2) is 48.5 Å². The first-order valence-corrected chi connectivity index (χ1v) is 8.40. The monoisotopic (exact) mass is 327 g/mol. The van der Waals surface area contributed by atoms with E-state index in [0.29, 0.717) is 0 Å². The predicted molar refractivity (Wildman–Crippen MR) is 97.2 cm³/mol. The van der Waals surface area contributed by atoms with Gasteiger partial charge in [-0.1, -0.05) is 24.6 Å². The summed E-state index contributed by atoms with van der Waals surface area (Å²) in [5, 5.41) is 5.09. The van der Waals surface area contributed by atoms with E-state index in [4.69, 9.17) is 4.74 Å². The summed E-state index contributed by atoms with van der Waals surface area (Å²) in [6.45, 7) is 6.11. The molecule has 0 radical (unpaired) electrons. The van der Waals surface area contributed by atoms with Crippen LogP contribution < -0.4 is 15.4 Å². The van der Waals surface area contributed by atoms with Crippen molar-refractivity contribution >= 4 is 11.6 Å². The molecule has 2 aromatic rings. The van der Waals surface area contributed by atoms with Crippen molar-refractivity contribution in [3.63, 3.8) is 0 Å². The van der Waals surface area contributed by atoms with Gasteiger partial charge in [0.2, 0.25) is 0 Å². The number of amides is 1. The molecule has 2 rings (SSSR count). The average molecular weight is 327 g/mol. The van der Waals surface area contributed by atoms with Crippen molar-refractivity contribution in [2.45, 2.75) is 39.3 Å². The molecule has 0 bridgehead atoms. The standard InChI is InChI=1S/C20H26N2O2/c1-5-19(16-8-12-18(24-4)13-9-16)21-15(3)20(23)22-17-10-6-14(2)7-11-17/h6-13,15,19,21H,5H2,1-4H3,(H,22,23)/p+1/t15-,19-/m0/s1. The summed E-state index contributed by atoms with van der Waals surface area (Å²) >= 11 is 0. The molecule has 3 N–H and O–H groups in total. The largest absolute Gasteiger partial charge is 0.497 e. The van der Waals surface area contributed by atoms with E-state index in [1.54, 1.807) is 7.11 Å². The lowest BCUT2D eigenvalue weighted by Gasteiger charge is -2.19. The first-order valence-electron chi connectivity index (χ1n) is 8.40. The lowest BCUT2D eigenvalue weighted by Crippen LogP contribution is -2.92. The number of quaternary nitrogens is 1. The minimum absolute atomic E-state index is 0.0193. The van der Waals surface area contributed by atoms with Crippen molar-refractivity contribution in [3.8, 4) is 5.75 Å². The number of anilines is 1. The van der Waals surface area contributed by atoms with Crippen LogP contribution >= 0.6 is 0 Å². The summed E-state index contributed by atoms with van der Waals surface area (Å²) in [6.07, 6.45) is 0.953. The first-order chi connectivity index (χ1) is 11.5. The third-order valence-electron chi connectivity index (χ3n) is 4.24. The summed E-state index contributed by atoms with van der Waals surface area (Å²) in [6, 6.07) is 16.0. The minimum Gasteiger partial charge on any atom is -0.497 e. The number of nitrogens with one attached hydrogen (secondary N) is 1. The van der Waals surface area contributed by atoms with E-state index in [9.17, 15) is 4.79 Å². The van der Waals surface area contributed by atoms with Gasteiger partial charge in [-0.2, -0.15) is 0 Å². The molecule has 0 aliphatic rings. The van der Waals surface area contributed by atoms with E-state index in [-0.39, 0.29) is 18.0 Å². The van der Waals surface area contributed by atoms with Gasteiger partial charge in [-0.25, -0.2) is 0 Å². The zero-order chi connectivity index (χ0) is 17.5. The number of carbonyl (C=O) groups excluding carboxylic acids is 1. The van der Waals surface area contributed by atoms with Crippen LogP contribution in [0.25, 0.3) is 0 Å². The third kappa shape index (κ3) is 4.83. The Morgan fingerprint density at radius 1 is 1.12 bits per heavy atom. The van der Waals surface area contributed by atoms with Gasteiger partial charge in [-0.05, 0) is 50.2 Å². The molecule has 0 saturated heterocycles. The molecule has 0 unspecified atom stereocenters. The Balaban J connectivity index is 1.98. The summed E-state index contributed by atoms with van der Waals surface area (Å²) in [4.78, 5) is 12.4. The number of hydrogen-bond donors (Lipinski definition) is 2. The molecule has 0 aliphatic carbocycles. The summed E-state index contributed by atoms with van der Waals surface area (Å²) < 4.78 is 5.20. The Kier molecular flexibility index (Phi) is 6.38. The Labute approximate surface area is 144 Å². The highest BCUT2D eigenvalue weighted by atomic mass is 16.5. The van der Waals surface area contributed by atoms with E-state index in [1.165, 1.54) is 11.1 Å². The van der Waals surface area contributed by atoms with E-state index in [1.807, 2.05) is 50.2 Å². The molecule has 2 atom stereocenters. The van der Waals surface area contributed by atoms with Crippen LogP contribution in [0.5, 0.6) is 5.75 Å². The Morgan fingerprint density at radius 3 is 2.29 bits per heavy atom. The fourth-order valence-corrected chi connectivity index (χ4v) is 2.66. The molecule has 2 aromatic carbocycles. The quantitative estimate of drug-likeness (QED) is 0.821. The van der Waals surface area contributed by atoms with Gasteiger partial charge >= 0.3 is 0 Å². The molecular formula is C20H27N2O2+. The molecule has 0 aromatic heterocycles. The molecule has 1 amide bonds. The van der Waals surface area contributed by atoms with Crippen molar-refractivity contribution in [2.75, 3.05) is 12.4 Å². The fraction of sp³-hybridized carbons (Fsp3) is 0.350. The summed E-state index contributed by atoms with van der Waals surface area (Å²) in [5.74, 6) is 0.865. The van der Waals surface area contributed by atoms with Gasteiger partial charge in [-0.3, -0.25) is 4.79 Å². The molecule has 0 fully saturated rings. The lowest BCUT2D eigenvalue weighted by molar-refractivity contribution is -0.713. The van der Waals surface area contributed by atoms with Gasteiger partial charge in [-0.15, -0.1) is 0 Å². The highest BCUT2D eigenvalue weighted by Gasteiger charge is 2.22. The topological polar surface area (TPSA) is 54.9 Å². The maximum absolute atomic E-state index is 12.4. The van der Waals surface area contributed by atoms with E-state index in [0.717, 1.165) is 17.9 Å². The zero-order valence-corrected chi connectivity index (χ0v) is 14.9. The van der Waals surface area contributed by atoms with Crippen molar-refractivity contribution in [3.05, 3.63) is 59.7 Å². The average Bonchev–Trinajstić information content (AvgIpc) is 2.61. The van der Waals surface area contributed by atoms with Gasteiger partial charge in [0.25, 0.3) is 5.91 Å². The van der Waals surface area contributed by atoms with Crippen molar-refractivity contribution in [2.24, 2.45) is 0 Å². The maximum Gasteiger partial charge on any atom is 0.282 e. The Hall–Kier alpha value is -2.33. The predicted octanol–water partition coefficient (Wildman–Crippen LogP) is 3.05. The van der Waals surface area contributed by atoms with E-state index >= 15 is 0 Å². The molecule has 24 heavy (non-hydrogen) atoms. The number of hydrogen-bond acceptors (Lipinski definition) is 2. The van der Waals surface area contributed by atoms with Crippen LogP contribution in [0.3, 0.4) is 0 Å². The van der Waals surface area contributed by atoms with Crippen LogP contribution in [0, 0.1) is 6.92 Å². The SMILES string of the molecule is CC[C@H]([NH2+][C@@H](C)C(=O)Nc1ccc(C)cc1)c1ccc(OC)cc1. The molecule has 0 saturated carbocycles. The minimum atomic E-state index is -0.168. The molecule has 0 aliphatic heterocycles. The first kappa shape index (κ1) is 18.0. The summed E-state index contributed by atoms with van der Waals surface area (Å²) in [5.41, 5.74) is 3.22. The van der Waals surface area contributed by atoms with Gasteiger partial charge in [0.15, 0.2) is 6.04 Å².